The van der Waals surface area contributed by atoms with Crippen LogP contribution in [0.4, 0.5) is 0 Å². The van der Waals surface area contributed by atoms with Gasteiger partial charge < -0.3 is 29.2 Å². The third-order valence-corrected chi connectivity index (χ3v) is 4.05. The van der Waals surface area contributed by atoms with Crippen LogP contribution in [-0.2, 0) is 33.3 Å². The molecular formula is C21H32O9. The first-order chi connectivity index (χ1) is 14.0. The van der Waals surface area contributed by atoms with Crippen molar-refractivity contribution in [1.29, 1.82) is 0 Å². The molecule has 0 amide bonds. The minimum absolute atomic E-state index is 0.0210. The number of aliphatic hydroxyl groups is 2. The molecule has 0 saturated heterocycles. The Labute approximate surface area is 176 Å². The van der Waals surface area contributed by atoms with E-state index in [1.807, 2.05) is 0 Å². The van der Waals surface area contributed by atoms with Crippen LogP contribution in [0.2, 0.25) is 0 Å². The maximum Gasteiger partial charge on any atom is 0.333 e. The van der Waals surface area contributed by atoms with Crippen molar-refractivity contribution in [3.05, 3.63) is 36.5 Å². The normalized spacial score (nSPS) is 11.9. The van der Waals surface area contributed by atoms with Crippen LogP contribution in [0.3, 0.4) is 0 Å². The summed E-state index contributed by atoms with van der Waals surface area (Å²) in [6.07, 6.45) is -1.43. The van der Waals surface area contributed by atoms with Crippen LogP contribution in [0.15, 0.2) is 36.5 Å². The Morgan fingerprint density at radius 1 is 0.767 bits per heavy atom. The summed E-state index contributed by atoms with van der Waals surface area (Å²) < 4.78 is 20.8. The van der Waals surface area contributed by atoms with E-state index in [0.717, 1.165) is 0 Å². The summed E-state index contributed by atoms with van der Waals surface area (Å²) in [4.78, 5) is 34.7. The second-order valence-electron chi connectivity index (χ2n) is 6.86. The molecule has 9 nitrogen and oxygen atoms in total. The average Bonchev–Trinajstić information content (AvgIpc) is 2.69. The van der Waals surface area contributed by atoms with Crippen molar-refractivity contribution in [2.75, 3.05) is 33.0 Å². The van der Waals surface area contributed by atoms with Gasteiger partial charge in [-0.25, -0.2) is 14.4 Å². The van der Waals surface area contributed by atoms with Gasteiger partial charge in [-0.05, 0) is 20.8 Å². The van der Waals surface area contributed by atoms with Gasteiger partial charge in [-0.1, -0.05) is 19.7 Å². The molecule has 0 heterocycles. The number of carbonyl (C=O) groups is 3. The Morgan fingerprint density at radius 3 is 1.47 bits per heavy atom. The SMILES string of the molecule is C=C(C)C(=O)OCCOC(CCOC(=O)C(=C)C)(CCOC(=O)C(=C)C)C(O)CO. The number of aliphatic hydroxyl groups excluding tert-OH is 2. The zero-order valence-electron chi connectivity index (χ0n) is 17.9. The summed E-state index contributed by atoms with van der Waals surface area (Å²) in [5.74, 6) is -1.84. The highest BCUT2D eigenvalue weighted by Crippen LogP contribution is 2.26. The molecule has 0 spiro atoms. The first-order valence-corrected chi connectivity index (χ1v) is 9.37. The average molecular weight is 428 g/mol. The van der Waals surface area contributed by atoms with Gasteiger partial charge in [-0.2, -0.15) is 0 Å². The molecule has 30 heavy (non-hydrogen) atoms. The number of esters is 3. The summed E-state index contributed by atoms with van der Waals surface area (Å²) >= 11 is 0. The Kier molecular flexibility index (Phi) is 12.5. The van der Waals surface area contributed by atoms with Crippen molar-refractivity contribution < 1.29 is 43.5 Å². The van der Waals surface area contributed by atoms with Crippen molar-refractivity contribution >= 4 is 17.9 Å². The summed E-state index contributed by atoms with van der Waals surface area (Å²) in [5.41, 5.74) is -0.817. The molecule has 9 heteroatoms. The molecule has 0 radical (unpaired) electrons. The quantitative estimate of drug-likeness (QED) is 0.171. The first-order valence-electron chi connectivity index (χ1n) is 9.37. The fourth-order valence-corrected chi connectivity index (χ4v) is 2.25. The van der Waals surface area contributed by atoms with E-state index >= 15 is 0 Å². The van der Waals surface area contributed by atoms with E-state index in [4.69, 9.17) is 18.9 Å². The zero-order chi connectivity index (χ0) is 23.3. The molecule has 0 aromatic carbocycles. The predicted octanol–water partition coefficient (Wildman–Crippen LogP) is 1.23. The van der Waals surface area contributed by atoms with E-state index in [1.165, 1.54) is 20.8 Å². The molecule has 1 atom stereocenters. The molecule has 0 aromatic rings. The maximum absolute atomic E-state index is 11.6. The number of ether oxygens (including phenoxy) is 4. The van der Waals surface area contributed by atoms with Crippen LogP contribution >= 0.6 is 0 Å². The molecule has 0 fully saturated rings. The highest BCUT2D eigenvalue weighted by atomic mass is 16.6. The fourth-order valence-electron chi connectivity index (χ4n) is 2.25. The van der Waals surface area contributed by atoms with Gasteiger partial charge in [-0.15, -0.1) is 0 Å². The van der Waals surface area contributed by atoms with Gasteiger partial charge in [0.25, 0.3) is 0 Å². The first kappa shape index (κ1) is 27.5. The van der Waals surface area contributed by atoms with Gasteiger partial charge in [0.15, 0.2) is 0 Å². The summed E-state index contributed by atoms with van der Waals surface area (Å²) in [7, 11) is 0. The van der Waals surface area contributed by atoms with E-state index < -0.39 is 36.2 Å². The highest BCUT2D eigenvalue weighted by molar-refractivity contribution is 5.87. The van der Waals surface area contributed by atoms with Crippen molar-refractivity contribution in [3.8, 4) is 0 Å². The van der Waals surface area contributed by atoms with E-state index in [1.54, 1.807) is 0 Å². The van der Waals surface area contributed by atoms with Crippen molar-refractivity contribution in [2.45, 2.75) is 45.3 Å². The minimum Gasteiger partial charge on any atom is -0.462 e. The lowest BCUT2D eigenvalue weighted by Crippen LogP contribution is -2.49. The van der Waals surface area contributed by atoms with Crippen LogP contribution < -0.4 is 0 Å². The molecule has 0 saturated carbocycles. The molecule has 2 N–H and O–H groups in total. The van der Waals surface area contributed by atoms with Gasteiger partial charge in [0.1, 0.15) is 18.3 Å². The standard InChI is InChI=1S/C21H32O9/c1-14(2)18(24)27-9-7-21(17(23)13-22,8-10-28-19(25)15(3)4)30-12-11-29-20(26)16(5)6/h17,22-23H,1,3,5,7-13H2,2,4,6H3. The number of hydrogen-bond donors (Lipinski definition) is 2. The molecule has 1 unspecified atom stereocenters. The molecular weight excluding hydrogens is 396 g/mol. The number of rotatable bonds is 15. The molecule has 0 rings (SSSR count). The summed E-state index contributed by atoms with van der Waals surface area (Å²) in [5, 5.41) is 19.9. The van der Waals surface area contributed by atoms with Crippen LogP contribution in [0, 0.1) is 0 Å². The number of hydrogen-bond acceptors (Lipinski definition) is 9. The second-order valence-corrected chi connectivity index (χ2v) is 6.86. The van der Waals surface area contributed by atoms with Crippen LogP contribution in [0.25, 0.3) is 0 Å². The van der Waals surface area contributed by atoms with Crippen LogP contribution in [0.5, 0.6) is 0 Å². The van der Waals surface area contributed by atoms with E-state index in [0.29, 0.717) is 0 Å². The van der Waals surface area contributed by atoms with Gasteiger partial charge in [0, 0.05) is 29.6 Å². The smallest absolute Gasteiger partial charge is 0.333 e. The minimum atomic E-state index is -1.44. The van der Waals surface area contributed by atoms with Crippen molar-refractivity contribution in [3.63, 3.8) is 0 Å². The summed E-state index contributed by atoms with van der Waals surface area (Å²) in [6, 6.07) is 0. The lowest BCUT2D eigenvalue weighted by Gasteiger charge is -2.37. The molecule has 0 aliphatic carbocycles. The van der Waals surface area contributed by atoms with Crippen LogP contribution in [0.1, 0.15) is 33.6 Å². The molecule has 170 valence electrons. The lowest BCUT2D eigenvalue weighted by molar-refractivity contribution is -0.174. The maximum atomic E-state index is 11.6. The van der Waals surface area contributed by atoms with Gasteiger partial charge >= 0.3 is 17.9 Å². The third kappa shape index (κ3) is 9.82. The van der Waals surface area contributed by atoms with E-state index in [2.05, 4.69) is 19.7 Å². The fraction of sp³-hybridized carbons (Fsp3) is 0.571. The second kappa shape index (κ2) is 13.7. The van der Waals surface area contributed by atoms with Crippen LogP contribution in [-0.4, -0.2) is 72.9 Å². The number of carbonyl (C=O) groups excluding carboxylic acids is 3. The zero-order valence-corrected chi connectivity index (χ0v) is 17.9. The van der Waals surface area contributed by atoms with Crippen molar-refractivity contribution in [2.24, 2.45) is 0 Å². The highest BCUT2D eigenvalue weighted by Gasteiger charge is 2.39. The Balaban J connectivity index is 5.22. The third-order valence-electron chi connectivity index (χ3n) is 4.05. The summed E-state index contributed by atoms with van der Waals surface area (Å²) in [6.45, 7) is 13.7. The molecule has 0 aromatic heterocycles. The topological polar surface area (TPSA) is 129 Å². The van der Waals surface area contributed by atoms with E-state index in [-0.39, 0.29) is 56.0 Å². The predicted molar refractivity (Wildman–Crippen MR) is 108 cm³/mol. The Hall–Kier alpha value is -2.49. The monoisotopic (exact) mass is 428 g/mol. The lowest BCUT2D eigenvalue weighted by atomic mass is 9.89. The Bertz CT molecular complexity index is 619. The molecule has 0 aliphatic rings. The molecule has 0 bridgehead atoms. The van der Waals surface area contributed by atoms with Gasteiger partial charge in [0.2, 0.25) is 0 Å². The van der Waals surface area contributed by atoms with E-state index in [9.17, 15) is 24.6 Å². The van der Waals surface area contributed by atoms with Gasteiger partial charge in [0.05, 0.1) is 26.4 Å². The van der Waals surface area contributed by atoms with Crippen molar-refractivity contribution in [1.82, 2.24) is 0 Å². The largest absolute Gasteiger partial charge is 0.462 e. The Morgan fingerprint density at radius 2 is 1.13 bits per heavy atom. The van der Waals surface area contributed by atoms with Gasteiger partial charge in [-0.3, -0.25) is 0 Å². The molecule has 0 aliphatic heterocycles.